The quantitative estimate of drug-likeness (QED) is 0.333. The summed E-state index contributed by atoms with van der Waals surface area (Å²) in [5, 5.41) is 13.8. The summed E-state index contributed by atoms with van der Waals surface area (Å²) < 4.78 is 27.6. The number of nitro groups is 1. The lowest BCUT2D eigenvalue weighted by molar-refractivity contribution is -0.384. The van der Waals surface area contributed by atoms with Gasteiger partial charge in [0, 0.05) is 24.7 Å². The van der Waals surface area contributed by atoms with E-state index >= 15 is 0 Å². The lowest BCUT2D eigenvalue weighted by atomic mass is 10.2. The lowest BCUT2D eigenvalue weighted by Gasteiger charge is -2.19. The maximum Gasteiger partial charge on any atom is 0.271 e. The monoisotopic (exact) mass is 468 g/mol. The zero-order chi connectivity index (χ0) is 22.9. The van der Waals surface area contributed by atoms with Crippen LogP contribution >= 0.6 is 11.3 Å². The molecular formula is C21H16N4O5S2. The number of anilines is 2. The van der Waals surface area contributed by atoms with Gasteiger partial charge >= 0.3 is 0 Å². The molecule has 162 valence electrons. The number of carbonyl (C=O) groups is 1. The van der Waals surface area contributed by atoms with Crippen LogP contribution < -0.4 is 9.62 Å². The van der Waals surface area contributed by atoms with E-state index in [2.05, 4.69) is 10.3 Å². The van der Waals surface area contributed by atoms with Crippen LogP contribution in [0.4, 0.5) is 16.5 Å². The van der Waals surface area contributed by atoms with Gasteiger partial charge in [-0.25, -0.2) is 13.4 Å². The van der Waals surface area contributed by atoms with Crippen molar-refractivity contribution in [2.24, 2.45) is 0 Å². The summed E-state index contributed by atoms with van der Waals surface area (Å²) >= 11 is 1.18. The molecule has 11 heteroatoms. The number of amides is 1. The fraction of sp³-hybridized carbons (Fsp3) is 0.0476. The van der Waals surface area contributed by atoms with E-state index in [4.69, 9.17) is 0 Å². The predicted molar refractivity (Wildman–Crippen MR) is 123 cm³/mol. The number of nitro benzene ring substituents is 1. The third-order valence-corrected chi connectivity index (χ3v) is 7.45. The fourth-order valence-corrected chi connectivity index (χ4v) is 5.00. The topological polar surface area (TPSA) is 123 Å². The molecule has 0 bridgehead atoms. The van der Waals surface area contributed by atoms with Gasteiger partial charge in [0.2, 0.25) is 0 Å². The average molecular weight is 469 g/mol. The van der Waals surface area contributed by atoms with Crippen molar-refractivity contribution in [1.82, 2.24) is 4.98 Å². The summed E-state index contributed by atoms with van der Waals surface area (Å²) in [6.07, 6.45) is 0. The van der Waals surface area contributed by atoms with E-state index in [1.165, 1.54) is 59.1 Å². The van der Waals surface area contributed by atoms with Crippen LogP contribution in [0.15, 0.2) is 77.7 Å². The number of para-hydroxylation sites is 1. The van der Waals surface area contributed by atoms with Gasteiger partial charge < -0.3 is 0 Å². The minimum Gasteiger partial charge on any atom is -0.298 e. The van der Waals surface area contributed by atoms with Crippen LogP contribution in [0.1, 0.15) is 10.4 Å². The Morgan fingerprint density at radius 2 is 1.75 bits per heavy atom. The fourth-order valence-electron chi connectivity index (χ4n) is 2.97. The molecule has 0 aliphatic rings. The standard InChI is InChI=1S/C21H16N4O5S2/c1-24(15-5-3-2-4-6-15)32(29,30)17-10-7-14(8-11-17)20(26)23-21-22-18-13-16(25(27)28)9-12-19(18)31-21/h2-13H,1H3,(H,22,23,26). The van der Waals surface area contributed by atoms with E-state index < -0.39 is 20.9 Å². The first-order chi connectivity index (χ1) is 15.3. The van der Waals surface area contributed by atoms with Crippen molar-refractivity contribution in [3.05, 3.63) is 88.5 Å². The summed E-state index contributed by atoms with van der Waals surface area (Å²) in [6.45, 7) is 0. The van der Waals surface area contributed by atoms with Crippen molar-refractivity contribution in [2.75, 3.05) is 16.7 Å². The lowest BCUT2D eigenvalue weighted by Crippen LogP contribution is -2.26. The summed E-state index contributed by atoms with van der Waals surface area (Å²) in [5.41, 5.74) is 1.09. The molecule has 1 aromatic heterocycles. The molecule has 0 radical (unpaired) electrons. The first-order valence-corrected chi connectivity index (χ1v) is 11.5. The maximum absolute atomic E-state index is 12.8. The number of hydrogen-bond acceptors (Lipinski definition) is 7. The van der Waals surface area contributed by atoms with Crippen LogP contribution in [0.5, 0.6) is 0 Å². The first kappa shape index (κ1) is 21.4. The molecule has 0 saturated carbocycles. The number of hydrogen-bond donors (Lipinski definition) is 1. The second-order valence-corrected chi connectivity index (χ2v) is 9.71. The number of nitrogens with zero attached hydrogens (tertiary/aromatic N) is 3. The minimum atomic E-state index is -3.79. The van der Waals surface area contributed by atoms with E-state index in [0.717, 1.165) is 0 Å². The van der Waals surface area contributed by atoms with Crippen LogP contribution in [0.25, 0.3) is 10.2 Å². The second kappa shape index (κ2) is 8.36. The number of sulfonamides is 1. The Morgan fingerprint density at radius 1 is 1.06 bits per heavy atom. The number of carbonyl (C=O) groups excluding carboxylic acids is 1. The van der Waals surface area contributed by atoms with Crippen molar-refractivity contribution >= 4 is 54.0 Å². The number of benzene rings is 3. The molecule has 0 saturated heterocycles. The summed E-state index contributed by atoms with van der Waals surface area (Å²) in [6, 6.07) is 18.5. The molecule has 1 amide bonds. The summed E-state index contributed by atoms with van der Waals surface area (Å²) in [7, 11) is -2.32. The molecule has 1 N–H and O–H groups in total. The third-order valence-electron chi connectivity index (χ3n) is 4.70. The molecule has 4 aromatic rings. The Labute approximate surface area is 187 Å². The molecule has 0 aliphatic carbocycles. The van der Waals surface area contributed by atoms with Gasteiger partial charge in [-0.15, -0.1) is 0 Å². The molecule has 4 rings (SSSR count). The Bertz CT molecular complexity index is 1420. The second-order valence-electron chi connectivity index (χ2n) is 6.71. The maximum atomic E-state index is 12.8. The molecular weight excluding hydrogens is 452 g/mol. The van der Waals surface area contributed by atoms with Crippen LogP contribution in [0.3, 0.4) is 0 Å². The van der Waals surface area contributed by atoms with E-state index in [1.54, 1.807) is 36.4 Å². The predicted octanol–water partition coefficient (Wildman–Crippen LogP) is 4.28. The molecule has 9 nitrogen and oxygen atoms in total. The smallest absolute Gasteiger partial charge is 0.271 e. The number of rotatable bonds is 6. The number of aromatic nitrogens is 1. The Kier molecular flexibility index (Phi) is 5.59. The molecule has 0 aliphatic heterocycles. The van der Waals surface area contributed by atoms with Crippen LogP contribution in [0, 0.1) is 10.1 Å². The first-order valence-electron chi connectivity index (χ1n) is 9.26. The van der Waals surface area contributed by atoms with Crippen molar-refractivity contribution in [3.63, 3.8) is 0 Å². The van der Waals surface area contributed by atoms with Crippen molar-refractivity contribution in [2.45, 2.75) is 4.90 Å². The minimum absolute atomic E-state index is 0.0488. The number of thiazole rings is 1. The highest BCUT2D eigenvalue weighted by Gasteiger charge is 2.21. The highest BCUT2D eigenvalue weighted by atomic mass is 32.2. The Morgan fingerprint density at radius 3 is 2.41 bits per heavy atom. The average Bonchev–Trinajstić information content (AvgIpc) is 3.20. The van der Waals surface area contributed by atoms with Crippen molar-refractivity contribution < 1.29 is 18.1 Å². The van der Waals surface area contributed by atoms with E-state index in [9.17, 15) is 23.3 Å². The zero-order valence-corrected chi connectivity index (χ0v) is 18.3. The van der Waals surface area contributed by atoms with E-state index in [-0.39, 0.29) is 21.3 Å². The van der Waals surface area contributed by atoms with Crippen LogP contribution in [-0.4, -0.2) is 31.3 Å². The molecule has 3 aromatic carbocycles. The molecule has 0 atom stereocenters. The van der Waals surface area contributed by atoms with Crippen LogP contribution in [-0.2, 0) is 10.0 Å². The van der Waals surface area contributed by atoms with Gasteiger partial charge in [0.05, 0.1) is 25.7 Å². The molecule has 0 fully saturated rings. The van der Waals surface area contributed by atoms with Gasteiger partial charge in [-0.3, -0.25) is 24.5 Å². The zero-order valence-electron chi connectivity index (χ0n) is 16.6. The van der Waals surface area contributed by atoms with Gasteiger partial charge in [0.15, 0.2) is 5.13 Å². The number of non-ortho nitro benzene ring substituents is 1. The summed E-state index contributed by atoms with van der Waals surface area (Å²) in [4.78, 5) is 27.2. The van der Waals surface area contributed by atoms with Gasteiger partial charge in [-0.2, -0.15) is 0 Å². The highest BCUT2D eigenvalue weighted by molar-refractivity contribution is 7.92. The molecule has 0 unspecified atom stereocenters. The normalized spacial score (nSPS) is 11.3. The highest BCUT2D eigenvalue weighted by Crippen LogP contribution is 2.29. The Balaban J connectivity index is 1.52. The Hall–Kier alpha value is -3.83. The van der Waals surface area contributed by atoms with Crippen molar-refractivity contribution in [1.29, 1.82) is 0 Å². The molecule has 0 spiro atoms. The van der Waals surface area contributed by atoms with Gasteiger partial charge in [0.1, 0.15) is 0 Å². The SMILES string of the molecule is CN(c1ccccc1)S(=O)(=O)c1ccc(C(=O)Nc2nc3cc([N+](=O)[O-])ccc3s2)cc1. The van der Waals surface area contributed by atoms with Gasteiger partial charge in [-0.1, -0.05) is 29.5 Å². The molecule has 32 heavy (non-hydrogen) atoms. The van der Waals surface area contributed by atoms with Crippen LogP contribution in [0.2, 0.25) is 0 Å². The van der Waals surface area contributed by atoms with Crippen molar-refractivity contribution in [3.8, 4) is 0 Å². The molecule has 1 heterocycles. The summed E-state index contributed by atoms with van der Waals surface area (Å²) in [5.74, 6) is -0.473. The number of nitrogens with one attached hydrogen (secondary N) is 1. The van der Waals surface area contributed by atoms with E-state index in [1.807, 2.05) is 0 Å². The largest absolute Gasteiger partial charge is 0.298 e. The van der Waals surface area contributed by atoms with Gasteiger partial charge in [0.25, 0.3) is 21.6 Å². The van der Waals surface area contributed by atoms with Gasteiger partial charge in [-0.05, 0) is 42.5 Å². The van der Waals surface area contributed by atoms with E-state index in [0.29, 0.717) is 15.9 Å². The number of fused-ring (bicyclic) bond motifs is 1. The third kappa shape index (κ3) is 4.15.